The minimum absolute atomic E-state index is 0.0556. The van der Waals surface area contributed by atoms with E-state index in [1.807, 2.05) is 31.2 Å². The molecule has 1 N–H and O–H groups in total. The van der Waals surface area contributed by atoms with Gasteiger partial charge in [-0.15, -0.1) is 0 Å². The summed E-state index contributed by atoms with van der Waals surface area (Å²) in [4.78, 5) is 14.2. The second-order valence-corrected chi connectivity index (χ2v) is 6.40. The summed E-state index contributed by atoms with van der Waals surface area (Å²) in [6.45, 7) is 3.78. The number of halogens is 2. The van der Waals surface area contributed by atoms with Gasteiger partial charge in [-0.3, -0.25) is 0 Å². The molecule has 1 aliphatic heterocycles. The molecular formula is C19H20ClFN2O2. The molecule has 0 bridgehead atoms. The third-order valence-electron chi connectivity index (χ3n) is 4.49. The molecular weight excluding hydrogens is 343 g/mol. The molecule has 1 saturated heterocycles. The lowest BCUT2D eigenvalue weighted by Gasteiger charge is -2.31. The van der Waals surface area contributed by atoms with Crippen LogP contribution in [-0.4, -0.2) is 36.7 Å². The van der Waals surface area contributed by atoms with Crippen molar-refractivity contribution in [3.05, 3.63) is 64.9 Å². The number of likely N-dealkylation sites (N-methyl/N-ethyl adjacent to an activating group) is 1. The SMILES string of the molecule is CCN(C(=O)Oc1ccccc1F)C1CNCC1c1ccc(Cl)cc1. The van der Waals surface area contributed by atoms with Gasteiger partial charge in [0.2, 0.25) is 0 Å². The van der Waals surface area contributed by atoms with E-state index in [1.54, 1.807) is 17.0 Å². The fraction of sp³-hybridized carbons (Fsp3) is 0.316. The molecule has 4 nitrogen and oxygen atoms in total. The maximum Gasteiger partial charge on any atom is 0.415 e. The van der Waals surface area contributed by atoms with Gasteiger partial charge in [0.05, 0.1) is 6.04 Å². The summed E-state index contributed by atoms with van der Waals surface area (Å²) in [6.07, 6.45) is -0.541. The molecule has 2 aromatic rings. The minimum Gasteiger partial charge on any atom is -0.407 e. The average Bonchev–Trinajstić information content (AvgIpc) is 3.08. The predicted octanol–water partition coefficient (Wildman–Crippen LogP) is 4.06. The summed E-state index contributed by atoms with van der Waals surface area (Å²) < 4.78 is 19.0. The molecule has 3 rings (SSSR count). The summed E-state index contributed by atoms with van der Waals surface area (Å²) in [5, 5.41) is 4.00. The van der Waals surface area contributed by atoms with Gasteiger partial charge in [-0.2, -0.15) is 0 Å². The Kier molecular flexibility index (Phi) is 5.56. The molecule has 2 atom stereocenters. The zero-order valence-electron chi connectivity index (χ0n) is 13.9. The maximum absolute atomic E-state index is 13.8. The van der Waals surface area contributed by atoms with Gasteiger partial charge >= 0.3 is 6.09 Å². The highest BCUT2D eigenvalue weighted by atomic mass is 35.5. The molecule has 0 saturated carbocycles. The smallest absolute Gasteiger partial charge is 0.407 e. The van der Waals surface area contributed by atoms with Crippen molar-refractivity contribution in [1.29, 1.82) is 0 Å². The first-order chi connectivity index (χ1) is 12.1. The number of hydrogen-bond donors (Lipinski definition) is 1. The van der Waals surface area contributed by atoms with E-state index in [0.717, 1.165) is 12.1 Å². The number of ether oxygens (including phenoxy) is 1. The number of carbonyl (C=O) groups excluding carboxylic acids is 1. The fourth-order valence-electron chi connectivity index (χ4n) is 3.22. The van der Waals surface area contributed by atoms with Gasteiger partial charge in [0, 0.05) is 30.6 Å². The minimum atomic E-state index is -0.550. The Bertz CT molecular complexity index is 738. The third-order valence-corrected chi connectivity index (χ3v) is 4.74. The van der Waals surface area contributed by atoms with E-state index in [2.05, 4.69) is 5.32 Å². The second-order valence-electron chi connectivity index (χ2n) is 5.97. The van der Waals surface area contributed by atoms with E-state index in [-0.39, 0.29) is 17.7 Å². The topological polar surface area (TPSA) is 41.6 Å². The Labute approximate surface area is 151 Å². The fourth-order valence-corrected chi connectivity index (χ4v) is 3.35. The van der Waals surface area contributed by atoms with Crippen LogP contribution in [0.15, 0.2) is 48.5 Å². The van der Waals surface area contributed by atoms with E-state index in [0.29, 0.717) is 18.1 Å². The average molecular weight is 363 g/mol. The van der Waals surface area contributed by atoms with Crippen LogP contribution in [0.4, 0.5) is 9.18 Å². The summed E-state index contributed by atoms with van der Waals surface area (Å²) in [7, 11) is 0. The molecule has 0 radical (unpaired) electrons. The Balaban J connectivity index is 1.78. The number of carbonyl (C=O) groups is 1. The van der Waals surface area contributed by atoms with E-state index >= 15 is 0 Å². The van der Waals surface area contributed by atoms with Crippen molar-refractivity contribution in [2.45, 2.75) is 18.9 Å². The molecule has 6 heteroatoms. The summed E-state index contributed by atoms with van der Waals surface area (Å²) >= 11 is 5.96. The van der Waals surface area contributed by atoms with Crippen LogP contribution in [-0.2, 0) is 0 Å². The third kappa shape index (κ3) is 3.94. The van der Waals surface area contributed by atoms with Crippen LogP contribution in [0.2, 0.25) is 5.02 Å². The molecule has 25 heavy (non-hydrogen) atoms. The van der Waals surface area contributed by atoms with Crippen molar-refractivity contribution in [2.24, 2.45) is 0 Å². The molecule has 1 amide bonds. The molecule has 1 fully saturated rings. The van der Waals surface area contributed by atoms with Gasteiger partial charge in [-0.05, 0) is 36.8 Å². The van der Waals surface area contributed by atoms with Gasteiger partial charge in [0.25, 0.3) is 0 Å². The molecule has 0 aliphatic carbocycles. The van der Waals surface area contributed by atoms with Gasteiger partial charge in [-0.25, -0.2) is 9.18 Å². The Hall–Kier alpha value is -2.11. The van der Waals surface area contributed by atoms with Crippen LogP contribution in [0.25, 0.3) is 0 Å². The van der Waals surface area contributed by atoms with Crippen LogP contribution >= 0.6 is 11.6 Å². The van der Waals surface area contributed by atoms with Gasteiger partial charge in [-0.1, -0.05) is 35.9 Å². The van der Waals surface area contributed by atoms with Crippen molar-refractivity contribution in [3.63, 3.8) is 0 Å². The van der Waals surface area contributed by atoms with E-state index in [4.69, 9.17) is 16.3 Å². The van der Waals surface area contributed by atoms with E-state index < -0.39 is 11.9 Å². The Morgan fingerprint density at radius 3 is 2.64 bits per heavy atom. The number of hydrogen-bond acceptors (Lipinski definition) is 3. The first-order valence-electron chi connectivity index (χ1n) is 8.29. The van der Waals surface area contributed by atoms with Crippen LogP contribution < -0.4 is 10.1 Å². The normalized spacial score (nSPS) is 19.6. The van der Waals surface area contributed by atoms with Crippen LogP contribution in [0.5, 0.6) is 5.75 Å². The Morgan fingerprint density at radius 1 is 1.24 bits per heavy atom. The summed E-state index contributed by atoms with van der Waals surface area (Å²) in [5.41, 5.74) is 1.11. The quantitative estimate of drug-likeness (QED) is 0.892. The first-order valence-corrected chi connectivity index (χ1v) is 8.67. The zero-order chi connectivity index (χ0) is 17.8. The summed E-state index contributed by atoms with van der Waals surface area (Å²) in [6, 6.07) is 13.5. The molecule has 2 unspecified atom stereocenters. The van der Waals surface area contributed by atoms with Gasteiger partial charge in [0.1, 0.15) is 0 Å². The predicted molar refractivity (Wildman–Crippen MR) is 95.7 cm³/mol. The lowest BCUT2D eigenvalue weighted by molar-refractivity contribution is 0.132. The second kappa shape index (κ2) is 7.85. The number of nitrogens with zero attached hydrogens (tertiary/aromatic N) is 1. The van der Waals surface area contributed by atoms with E-state index in [9.17, 15) is 9.18 Å². The molecule has 132 valence electrons. The molecule has 0 spiro atoms. The lowest BCUT2D eigenvalue weighted by atomic mass is 9.93. The highest BCUT2D eigenvalue weighted by molar-refractivity contribution is 6.30. The van der Waals surface area contributed by atoms with Crippen molar-refractivity contribution in [1.82, 2.24) is 10.2 Å². The standard InChI is InChI=1S/C19H20ClFN2O2/c1-2-23(19(24)25-18-6-4-3-5-16(18)21)17-12-22-11-15(17)13-7-9-14(20)10-8-13/h3-10,15,17,22H,2,11-12H2,1H3. The van der Waals surface area contributed by atoms with Crippen LogP contribution in [0, 0.1) is 5.82 Å². The van der Waals surface area contributed by atoms with Crippen molar-refractivity contribution >= 4 is 17.7 Å². The Morgan fingerprint density at radius 2 is 1.96 bits per heavy atom. The lowest BCUT2D eigenvalue weighted by Crippen LogP contribution is -2.45. The number of benzene rings is 2. The van der Waals surface area contributed by atoms with Crippen molar-refractivity contribution in [3.8, 4) is 5.75 Å². The zero-order valence-corrected chi connectivity index (χ0v) is 14.7. The van der Waals surface area contributed by atoms with Gasteiger partial charge in [0.15, 0.2) is 11.6 Å². The number of nitrogens with one attached hydrogen (secondary N) is 1. The molecule has 0 aromatic heterocycles. The monoisotopic (exact) mass is 362 g/mol. The highest BCUT2D eigenvalue weighted by Gasteiger charge is 2.36. The number of rotatable bonds is 4. The number of amides is 1. The van der Waals surface area contributed by atoms with Gasteiger partial charge < -0.3 is 15.0 Å². The van der Waals surface area contributed by atoms with Crippen LogP contribution in [0.3, 0.4) is 0 Å². The number of para-hydroxylation sites is 1. The largest absolute Gasteiger partial charge is 0.415 e. The molecule has 1 heterocycles. The highest BCUT2D eigenvalue weighted by Crippen LogP contribution is 2.28. The van der Waals surface area contributed by atoms with Crippen molar-refractivity contribution < 1.29 is 13.9 Å². The summed E-state index contributed by atoms with van der Waals surface area (Å²) in [5.74, 6) is -0.476. The molecule has 1 aliphatic rings. The van der Waals surface area contributed by atoms with Crippen LogP contribution in [0.1, 0.15) is 18.4 Å². The van der Waals surface area contributed by atoms with E-state index in [1.165, 1.54) is 12.1 Å². The molecule has 2 aromatic carbocycles. The van der Waals surface area contributed by atoms with Crippen molar-refractivity contribution in [2.75, 3.05) is 19.6 Å². The first kappa shape index (κ1) is 17.7. The maximum atomic E-state index is 13.8.